The summed E-state index contributed by atoms with van der Waals surface area (Å²) in [7, 11) is 0. The maximum Gasteiger partial charge on any atom is 0.0980 e. The van der Waals surface area contributed by atoms with Crippen molar-refractivity contribution in [2.24, 2.45) is 0 Å². The fourth-order valence-corrected chi connectivity index (χ4v) is 2.88. The Hall–Kier alpha value is -3.24. The molecule has 1 aromatic heterocycles. The van der Waals surface area contributed by atoms with E-state index >= 15 is 0 Å². The van der Waals surface area contributed by atoms with Crippen molar-refractivity contribution in [3.63, 3.8) is 0 Å². The third kappa shape index (κ3) is 2.71. The minimum absolute atomic E-state index is 1.00. The van der Waals surface area contributed by atoms with E-state index in [1.807, 2.05) is 30.3 Å². The van der Waals surface area contributed by atoms with Gasteiger partial charge in [0.15, 0.2) is 0 Å². The van der Waals surface area contributed by atoms with Crippen LogP contribution in [0.2, 0.25) is 0 Å². The molecule has 0 aliphatic heterocycles. The van der Waals surface area contributed by atoms with E-state index < -0.39 is 0 Å². The Labute approximate surface area is 142 Å². The van der Waals surface area contributed by atoms with E-state index in [2.05, 4.69) is 77.9 Å². The zero-order valence-electron chi connectivity index (χ0n) is 13.5. The third-order valence-corrected chi connectivity index (χ3v) is 4.11. The summed E-state index contributed by atoms with van der Waals surface area (Å²) in [5.41, 5.74) is 5.60. The van der Waals surface area contributed by atoms with Crippen LogP contribution in [0.3, 0.4) is 0 Å². The van der Waals surface area contributed by atoms with Gasteiger partial charge in [0.05, 0.1) is 11.2 Å². The highest BCUT2D eigenvalue weighted by Crippen LogP contribution is 2.24. The molecule has 0 spiro atoms. The highest BCUT2D eigenvalue weighted by atomic mass is 15.0. The summed E-state index contributed by atoms with van der Waals surface area (Å²) in [6.45, 7) is 2.10. The quantitative estimate of drug-likeness (QED) is 0.418. The second-order valence-electron chi connectivity index (χ2n) is 5.88. The third-order valence-electron chi connectivity index (χ3n) is 4.11. The van der Waals surface area contributed by atoms with Crippen LogP contribution in [0.25, 0.3) is 16.6 Å². The van der Waals surface area contributed by atoms with Gasteiger partial charge in [0.25, 0.3) is 0 Å². The lowest BCUT2D eigenvalue weighted by molar-refractivity contribution is 1.10. The molecule has 0 radical (unpaired) electrons. The number of rotatable bonds is 1. The molecule has 1 heterocycles. The maximum atomic E-state index is 3.35. The van der Waals surface area contributed by atoms with E-state index in [-0.39, 0.29) is 0 Å². The Morgan fingerprint density at radius 1 is 0.708 bits per heavy atom. The second-order valence-corrected chi connectivity index (χ2v) is 5.88. The average molecular weight is 307 g/mol. The van der Waals surface area contributed by atoms with Crippen LogP contribution in [0, 0.1) is 18.8 Å². The number of fused-ring (bicyclic) bond motifs is 1. The number of aromatic nitrogens is 1. The first-order valence-electron chi connectivity index (χ1n) is 8.06. The molecule has 0 atom stereocenters. The molecule has 0 aliphatic rings. The van der Waals surface area contributed by atoms with Crippen molar-refractivity contribution in [1.82, 2.24) is 4.57 Å². The molecule has 3 aromatic carbocycles. The fraction of sp³-hybridized carbons (Fsp3) is 0.0435. The van der Waals surface area contributed by atoms with Gasteiger partial charge < -0.3 is 4.57 Å². The zero-order chi connectivity index (χ0) is 16.4. The van der Waals surface area contributed by atoms with E-state index in [1.54, 1.807) is 0 Å². The summed E-state index contributed by atoms with van der Waals surface area (Å²) in [5, 5.41) is 1.20. The first-order chi connectivity index (χ1) is 11.8. The molecule has 0 saturated heterocycles. The topological polar surface area (TPSA) is 4.93 Å². The number of aryl methyl sites for hydroxylation is 1. The fourth-order valence-electron chi connectivity index (χ4n) is 2.88. The Morgan fingerprint density at radius 3 is 2.21 bits per heavy atom. The molecule has 24 heavy (non-hydrogen) atoms. The standard InChI is InChI=1S/C23H17N/c1-18-11-14-21(15-12-18)24-22(16-13-19-7-3-2-4-8-19)17-20-9-5-6-10-23(20)24/h2-12,14-15,17H,1H3. The van der Waals surface area contributed by atoms with Crippen molar-refractivity contribution >= 4 is 10.9 Å². The summed E-state index contributed by atoms with van der Waals surface area (Å²) < 4.78 is 2.23. The highest BCUT2D eigenvalue weighted by Gasteiger charge is 2.08. The van der Waals surface area contributed by atoms with Crippen LogP contribution in [0.5, 0.6) is 0 Å². The molecule has 1 heteroatoms. The Morgan fingerprint density at radius 2 is 1.42 bits per heavy atom. The van der Waals surface area contributed by atoms with Crippen molar-refractivity contribution < 1.29 is 0 Å². The second kappa shape index (κ2) is 6.10. The molecule has 0 unspecified atom stereocenters. The van der Waals surface area contributed by atoms with E-state index in [0.717, 1.165) is 16.9 Å². The molecule has 0 bridgehead atoms. The van der Waals surface area contributed by atoms with Gasteiger partial charge in [-0.2, -0.15) is 0 Å². The van der Waals surface area contributed by atoms with Gasteiger partial charge in [-0.05, 0) is 49.2 Å². The molecule has 4 aromatic rings. The Bertz CT molecular complexity index is 1040. The van der Waals surface area contributed by atoms with Crippen molar-refractivity contribution in [3.05, 3.63) is 102 Å². The van der Waals surface area contributed by atoms with Crippen LogP contribution in [-0.4, -0.2) is 4.57 Å². The molecule has 0 N–H and O–H groups in total. The van der Waals surface area contributed by atoms with Crippen molar-refractivity contribution in [2.45, 2.75) is 6.92 Å². The van der Waals surface area contributed by atoms with Gasteiger partial charge in [-0.25, -0.2) is 0 Å². The van der Waals surface area contributed by atoms with Crippen LogP contribution in [0.1, 0.15) is 16.8 Å². The van der Waals surface area contributed by atoms with Crippen molar-refractivity contribution in [2.75, 3.05) is 0 Å². The first kappa shape index (κ1) is 14.4. The average Bonchev–Trinajstić information content (AvgIpc) is 3.00. The lowest BCUT2D eigenvalue weighted by Crippen LogP contribution is -1.96. The molecule has 0 aliphatic carbocycles. The molecule has 0 amide bonds. The van der Waals surface area contributed by atoms with E-state index in [9.17, 15) is 0 Å². The summed E-state index contributed by atoms with van der Waals surface area (Å²) in [5.74, 6) is 6.62. The predicted octanol–water partition coefficient (Wildman–Crippen LogP) is 5.34. The minimum atomic E-state index is 1.00. The summed E-state index contributed by atoms with van der Waals surface area (Å²) in [6.07, 6.45) is 0. The number of benzene rings is 3. The number of hydrogen-bond donors (Lipinski definition) is 0. The molecular formula is C23H17N. The number of hydrogen-bond acceptors (Lipinski definition) is 0. The smallest absolute Gasteiger partial charge is 0.0980 e. The van der Waals surface area contributed by atoms with Crippen LogP contribution in [-0.2, 0) is 0 Å². The van der Waals surface area contributed by atoms with Gasteiger partial charge in [-0.3, -0.25) is 0 Å². The van der Waals surface area contributed by atoms with Gasteiger partial charge in [0.1, 0.15) is 0 Å². The van der Waals surface area contributed by atoms with Crippen LogP contribution in [0.15, 0.2) is 84.9 Å². The number of nitrogens with zero attached hydrogens (tertiary/aromatic N) is 1. The van der Waals surface area contributed by atoms with Crippen LogP contribution in [0.4, 0.5) is 0 Å². The van der Waals surface area contributed by atoms with E-state index in [0.29, 0.717) is 0 Å². The lowest BCUT2D eigenvalue weighted by Gasteiger charge is -2.08. The van der Waals surface area contributed by atoms with Gasteiger partial charge in [-0.15, -0.1) is 0 Å². The summed E-state index contributed by atoms with van der Waals surface area (Å²) >= 11 is 0. The summed E-state index contributed by atoms with van der Waals surface area (Å²) in [6, 6.07) is 29.2. The van der Waals surface area contributed by atoms with Crippen molar-refractivity contribution in [1.29, 1.82) is 0 Å². The predicted molar refractivity (Wildman–Crippen MR) is 100 cm³/mol. The van der Waals surface area contributed by atoms with E-state index in [1.165, 1.54) is 16.5 Å². The van der Waals surface area contributed by atoms with Gasteiger partial charge in [-0.1, -0.05) is 60.0 Å². The SMILES string of the molecule is Cc1ccc(-n2c(C#Cc3ccccc3)cc3ccccc32)cc1. The number of para-hydroxylation sites is 1. The largest absolute Gasteiger partial charge is 0.303 e. The van der Waals surface area contributed by atoms with Gasteiger partial charge in [0.2, 0.25) is 0 Å². The molecule has 1 nitrogen and oxygen atoms in total. The van der Waals surface area contributed by atoms with Crippen LogP contribution >= 0.6 is 0 Å². The first-order valence-corrected chi connectivity index (χ1v) is 8.06. The monoisotopic (exact) mass is 307 g/mol. The van der Waals surface area contributed by atoms with Gasteiger partial charge >= 0.3 is 0 Å². The highest BCUT2D eigenvalue weighted by molar-refractivity contribution is 5.84. The Kier molecular flexibility index (Phi) is 3.65. The Balaban J connectivity index is 1.91. The molecule has 0 fully saturated rings. The molecule has 0 saturated carbocycles. The molecular weight excluding hydrogens is 290 g/mol. The zero-order valence-corrected chi connectivity index (χ0v) is 13.5. The van der Waals surface area contributed by atoms with Crippen LogP contribution < -0.4 is 0 Å². The maximum absolute atomic E-state index is 3.35. The molecule has 4 rings (SSSR count). The van der Waals surface area contributed by atoms with E-state index in [4.69, 9.17) is 0 Å². The summed E-state index contributed by atoms with van der Waals surface area (Å²) in [4.78, 5) is 0. The minimum Gasteiger partial charge on any atom is -0.303 e. The normalized spacial score (nSPS) is 10.4. The van der Waals surface area contributed by atoms with Crippen molar-refractivity contribution in [3.8, 4) is 17.5 Å². The lowest BCUT2D eigenvalue weighted by atomic mass is 10.2. The molecule has 114 valence electrons. The van der Waals surface area contributed by atoms with Gasteiger partial charge in [0, 0.05) is 16.6 Å².